The molecule has 3 rings (SSSR count). The van der Waals surface area contributed by atoms with Crippen LogP contribution in [-0.2, 0) is 0 Å². The van der Waals surface area contributed by atoms with Gasteiger partial charge in [-0.05, 0) is 66.1 Å². The van der Waals surface area contributed by atoms with Gasteiger partial charge in [-0.15, -0.1) is 5.11 Å². The van der Waals surface area contributed by atoms with Gasteiger partial charge in [-0.25, -0.2) is 0 Å². The van der Waals surface area contributed by atoms with Crippen LogP contribution in [0.4, 0.5) is 17.1 Å². The molecule has 3 N–H and O–H groups in total. The van der Waals surface area contributed by atoms with Crippen LogP contribution < -0.4 is 15.2 Å². The molecule has 0 unspecified atom stereocenters. The zero-order valence-electron chi connectivity index (χ0n) is 15.4. The number of hydrogen-bond acceptors (Lipinski definition) is 6. The summed E-state index contributed by atoms with van der Waals surface area (Å²) in [6.45, 7) is 1.81. The average Bonchev–Trinajstić information content (AvgIpc) is 2.69. The van der Waals surface area contributed by atoms with Crippen molar-refractivity contribution in [2.45, 2.75) is 6.92 Å². The van der Waals surface area contributed by atoms with E-state index in [2.05, 4.69) is 10.2 Å². The summed E-state index contributed by atoms with van der Waals surface area (Å²) in [6, 6.07) is 16.3. The number of aryl methyl sites for hydroxylation is 1. The van der Waals surface area contributed by atoms with Crippen molar-refractivity contribution >= 4 is 17.1 Å². The molecule has 0 amide bonds. The predicted octanol–water partition coefficient (Wildman–Crippen LogP) is 5.38. The van der Waals surface area contributed by atoms with Gasteiger partial charge in [0.05, 0.1) is 25.6 Å². The fourth-order valence-electron chi connectivity index (χ4n) is 2.64. The normalized spacial score (nSPS) is 10.9. The Labute approximate surface area is 157 Å². The van der Waals surface area contributed by atoms with Crippen molar-refractivity contribution in [1.29, 1.82) is 0 Å². The van der Waals surface area contributed by atoms with Gasteiger partial charge in [0, 0.05) is 0 Å². The summed E-state index contributed by atoms with van der Waals surface area (Å²) in [5, 5.41) is 18.1. The number of benzene rings is 3. The second-order valence-electron chi connectivity index (χ2n) is 6.01. The maximum atomic E-state index is 9.60. The zero-order valence-corrected chi connectivity index (χ0v) is 15.4. The predicted molar refractivity (Wildman–Crippen MR) is 106 cm³/mol. The van der Waals surface area contributed by atoms with Gasteiger partial charge < -0.3 is 20.3 Å². The molecule has 0 saturated heterocycles. The van der Waals surface area contributed by atoms with Crippen LogP contribution in [0.15, 0.2) is 64.8 Å². The van der Waals surface area contributed by atoms with Crippen molar-refractivity contribution in [3.05, 3.63) is 60.2 Å². The van der Waals surface area contributed by atoms with Crippen LogP contribution in [0, 0.1) is 6.92 Å². The number of nitrogens with zero attached hydrogens (tertiary/aromatic N) is 2. The Balaban J connectivity index is 1.92. The molecule has 0 aliphatic rings. The first kappa shape index (κ1) is 18.3. The van der Waals surface area contributed by atoms with Crippen LogP contribution in [0.3, 0.4) is 0 Å². The zero-order chi connectivity index (χ0) is 19.4. The molecular weight excluding hydrogens is 342 g/mol. The van der Waals surface area contributed by atoms with Crippen molar-refractivity contribution in [2.75, 3.05) is 20.0 Å². The van der Waals surface area contributed by atoms with E-state index in [9.17, 15) is 5.11 Å². The number of nitrogen functional groups attached to an aromatic ring is 1. The van der Waals surface area contributed by atoms with Gasteiger partial charge in [-0.1, -0.05) is 12.1 Å². The highest BCUT2D eigenvalue weighted by Crippen LogP contribution is 2.36. The fourth-order valence-corrected chi connectivity index (χ4v) is 2.64. The molecule has 3 aromatic rings. The summed E-state index contributed by atoms with van der Waals surface area (Å²) in [7, 11) is 3.18. The lowest BCUT2D eigenvalue weighted by Gasteiger charge is -2.10. The van der Waals surface area contributed by atoms with Crippen molar-refractivity contribution in [2.24, 2.45) is 10.2 Å². The topological polar surface area (TPSA) is 89.4 Å². The standard InChI is InChI=1S/C21H21N3O3/c1-13-10-16(6-9-19(13)25)23-24-18-8-5-15(12-21(18)27-3)14-4-7-17(22)20(11-14)26-2/h4-12,25H,22H2,1-3H3. The molecular formula is C21H21N3O3. The molecule has 6 heteroatoms. The quantitative estimate of drug-likeness (QED) is 0.470. The minimum absolute atomic E-state index is 0.231. The molecule has 0 aliphatic heterocycles. The number of phenols is 1. The Morgan fingerprint density at radius 1 is 0.815 bits per heavy atom. The van der Waals surface area contributed by atoms with Crippen LogP contribution in [-0.4, -0.2) is 19.3 Å². The molecule has 0 bridgehead atoms. The second kappa shape index (κ2) is 7.78. The number of anilines is 1. The molecule has 0 saturated carbocycles. The SMILES string of the molecule is COc1cc(-c2ccc(N=Nc3ccc(O)c(C)c3)c(OC)c2)ccc1N. The van der Waals surface area contributed by atoms with E-state index in [1.807, 2.05) is 37.3 Å². The molecule has 138 valence electrons. The summed E-state index contributed by atoms with van der Waals surface area (Å²) in [6.07, 6.45) is 0. The molecule has 0 radical (unpaired) electrons. The minimum Gasteiger partial charge on any atom is -0.508 e. The molecule has 3 aromatic carbocycles. The number of rotatable bonds is 5. The summed E-state index contributed by atoms with van der Waals surface area (Å²) in [5.41, 5.74) is 10.4. The van der Waals surface area contributed by atoms with E-state index in [1.54, 1.807) is 38.5 Å². The fraction of sp³-hybridized carbons (Fsp3) is 0.143. The number of phenolic OH excluding ortho intramolecular Hbond substituents is 1. The summed E-state index contributed by atoms with van der Waals surface area (Å²) >= 11 is 0. The largest absolute Gasteiger partial charge is 0.508 e. The van der Waals surface area contributed by atoms with Gasteiger partial charge in [0.15, 0.2) is 0 Å². The highest BCUT2D eigenvalue weighted by atomic mass is 16.5. The number of methoxy groups -OCH3 is 2. The molecule has 0 atom stereocenters. The van der Waals surface area contributed by atoms with Crippen LogP contribution in [0.1, 0.15) is 5.56 Å². The third-order valence-corrected chi connectivity index (χ3v) is 4.20. The first-order valence-corrected chi connectivity index (χ1v) is 8.35. The molecule has 27 heavy (non-hydrogen) atoms. The van der Waals surface area contributed by atoms with Crippen molar-refractivity contribution in [1.82, 2.24) is 0 Å². The van der Waals surface area contributed by atoms with Gasteiger partial charge in [0.25, 0.3) is 0 Å². The van der Waals surface area contributed by atoms with E-state index in [1.165, 1.54) is 0 Å². The van der Waals surface area contributed by atoms with Crippen molar-refractivity contribution in [3.63, 3.8) is 0 Å². The van der Waals surface area contributed by atoms with Gasteiger partial charge in [-0.2, -0.15) is 5.11 Å². The molecule has 0 aliphatic carbocycles. The summed E-state index contributed by atoms with van der Waals surface area (Å²) in [5.74, 6) is 1.45. The second-order valence-corrected chi connectivity index (χ2v) is 6.01. The third kappa shape index (κ3) is 4.00. The van der Waals surface area contributed by atoms with Gasteiger partial charge in [0.2, 0.25) is 0 Å². The van der Waals surface area contributed by atoms with Gasteiger partial charge in [0.1, 0.15) is 22.9 Å². The number of hydrogen-bond donors (Lipinski definition) is 2. The minimum atomic E-state index is 0.231. The van der Waals surface area contributed by atoms with Crippen molar-refractivity contribution in [3.8, 4) is 28.4 Å². The molecule has 0 spiro atoms. The number of aromatic hydroxyl groups is 1. The summed E-state index contributed by atoms with van der Waals surface area (Å²) < 4.78 is 10.8. The molecule has 0 heterocycles. The molecule has 0 aromatic heterocycles. The number of nitrogens with two attached hydrogens (primary N) is 1. The van der Waals surface area contributed by atoms with E-state index in [4.69, 9.17) is 15.2 Å². The first-order chi connectivity index (χ1) is 13.0. The van der Waals surface area contributed by atoms with Gasteiger partial charge >= 0.3 is 0 Å². The number of azo groups is 1. The summed E-state index contributed by atoms with van der Waals surface area (Å²) in [4.78, 5) is 0. The highest BCUT2D eigenvalue weighted by Gasteiger charge is 2.08. The van der Waals surface area contributed by atoms with E-state index < -0.39 is 0 Å². The first-order valence-electron chi connectivity index (χ1n) is 8.35. The maximum absolute atomic E-state index is 9.60. The van der Waals surface area contributed by atoms with E-state index in [-0.39, 0.29) is 5.75 Å². The Hall–Kier alpha value is -3.54. The molecule has 6 nitrogen and oxygen atoms in total. The third-order valence-electron chi connectivity index (χ3n) is 4.20. The lowest BCUT2D eigenvalue weighted by Crippen LogP contribution is -1.92. The van der Waals surface area contributed by atoms with Gasteiger partial charge in [-0.3, -0.25) is 0 Å². The Bertz CT molecular complexity index is 1000. The smallest absolute Gasteiger partial charge is 0.146 e. The lowest BCUT2D eigenvalue weighted by atomic mass is 10.0. The highest BCUT2D eigenvalue weighted by molar-refractivity contribution is 5.73. The van der Waals surface area contributed by atoms with E-state index >= 15 is 0 Å². The van der Waals surface area contributed by atoms with Crippen molar-refractivity contribution < 1.29 is 14.6 Å². The van der Waals surface area contributed by atoms with E-state index in [0.29, 0.717) is 28.6 Å². The van der Waals surface area contributed by atoms with Crippen LogP contribution in [0.25, 0.3) is 11.1 Å². The Morgan fingerprint density at radius 3 is 2.15 bits per heavy atom. The van der Waals surface area contributed by atoms with Crippen LogP contribution in [0.2, 0.25) is 0 Å². The average molecular weight is 363 g/mol. The Kier molecular flexibility index (Phi) is 5.26. The maximum Gasteiger partial charge on any atom is 0.146 e. The van der Waals surface area contributed by atoms with E-state index in [0.717, 1.165) is 16.7 Å². The van der Waals surface area contributed by atoms with Crippen LogP contribution >= 0.6 is 0 Å². The Morgan fingerprint density at radius 2 is 1.48 bits per heavy atom. The number of ether oxygens (including phenoxy) is 2. The molecule has 0 fully saturated rings. The monoisotopic (exact) mass is 363 g/mol. The van der Waals surface area contributed by atoms with Crippen LogP contribution in [0.5, 0.6) is 17.2 Å². The lowest BCUT2D eigenvalue weighted by molar-refractivity contribution is 0.415.